The second-order valence-corrected chi connectivity index (χ2v) is 20.1. The molecule has 6 heteroatoms. The van der Waals surface area contributed by atoms with Crippen molar-refractivity contribution in [2.24, 2.45) is 0 Å². The summed E-state index contributed by atoms with van der Waals surface area (Å²) in [7, 11) is 0. The lowest BCUT2D eigenvalue weighted by Crippen LogP contribution is -2.46. The van der Waals surface area contributed by atoms with Crippen LogP contribution in [0, 0.1) is 0 Å². The van der Waals surface area contributed by atoms with Crippen molar-refractivity contribution in [3.05, 3.63) is 36.5 Å². The summed E-state index contributed by atoms with van der Waals surface area (Å²) >= 11 is 0. The Labute approximate surface area is 411 Å². The third-order valence-electron chi connectivity index (χ3n) is 13.5. The molecule has 0 aliphatic rings. The summed E-state index contributed by atoms with van der Waals surface area (Å²) in [6.45, 7) is 6.49. The zero-order valence-electron chi connectivity index (χ0n) is 44.3. The molecule has 388 valence electrons. The van der Waals surface area contributed by atoms with Gasteiger partial charge in [0.05, 0.1) is 25.2 Å². The number of aliphatic hydroxyl groups excluding tert-OH is 2. The molecule has 0 saturated heterocycles. The summed E-state index contributed by atoms with van der Waals surface area (Å²) in [4.78, 5) is 26.2. The van der Waals surface area contributed by atoms with Gasteiger partial charge in [-0.15, -0.1) is 0 Å². The van der Waals surface area contributed by atoms with Crippen molar-refractivity contribution < 1.29 is 24.5 Å². The molecule has 0 aromatic rings. The molecule has 0 rings (SSSR count). The third-order valence-corrected chi connectivity index (χ3v) is 13.5. The number of esters is 1. The predicted octanol–water partition coefficient (Wildman–Crippen LogP) is 18.0. The fourth-order valence-corrected chi connectivity index (χ4v) is 9.01. The lowest BCUT2D eigenvalue weighted by atomic mass is 10.0. The molecule has 1 amide bonds. The van der Waals surface area contributed by atoms with Gasteiger partial charge in [0.25, 0.3) is 0 Å². The second-order valence-electron chi connectivity index (χ2n) is 20.1. The predicted molar refractivity (Wildman–Crippen MR) is 287 cm³/mol. The minimum absolute atomic E-state index is 0.0459. The summed E-state index contributed by atoms with van der Waals surface area (Å²) in [5.41, 5.74) is 0. The molecule has 0 aromatic carbocycles. The van der Waals surface area contributed by atoms with E-state index in [-0.39, 0.29) is 24.9 Å². The van der Waals surface area contributed by atoms with E-state index < -0.39 is 18.2 Å². The standard InChI is InChI=1S/C60H113NO5/c1-4-7-10-13-16-19-22-25-28-30-32-35-38-41-44-47-50-53-60(65)66-56(51-48-45-42-39-36-33-27-24-21-18-15-12-9-6-3)54-59(64)61-57(55-62)58(63)52-49-46-43-40-37-34-31-29-26-23-20-17-14-11-8-5-2/h25,28,33,36,39,42,56-58,62-63H,4-24,26-27,29-32,34-35,37-38,40-41,43-55H2,1-3H3,(H,61,64)/b28-25+,36-33+,42-39+. The molecule has 0 fully saturated rings. The molecule has 6 nitrogen and oxygen atoms in total. The van der Waals surface area contributed by atoms with Crippen LogP contribution < -0.4 is 5.32 Å². The number of nitrogens with one attached hydrogen (secondary N) is 1. The summed E-state index contributed by atoms with van der Waals surface area (Å²) in [5, 5.41) is 23.9. The van der Waals surface area contributed by atoms with Crippen molar-refractivity contribution in [1.29, 1.82) is 0 Å². The van der Waals surface area contributed by atoms with Crippen LogP contribution in [0.2, 0.25) is 0 Å². The Bertz CT molecular complexity index is 1090. The molecule has 0 heterocycles. The molecule has 3 N–H and O–H groups in total. The summed E-state index contributed by atoms with van der Waals surface area (Å²) < 4.78 is 5.93. The van der Waals surface area contributed by atoms with Gasteiger partial charge in [-0.25, -0.2) is 0 Å². The molecule has 0 aliphatic carbocycles. The summed E-state index contributed by atoms with van der Waals surface area (Å²) in [6, 6.07) is -0.715. The van der Waals surface area contributed by atoms with Crippen LogP contribution in [0.1, 0.15) is 310 Å². The lowest BCUT2D eigenvalue weighted by molar-refractivity contribution is -0.151. The van der Waals surface area contributed by atoms with E-state index in [1.54, 1.807) is 0 Å². The van der Waals surface area contributed by atoms with E-state index >= 15 is 0 Å². The smallest absolute Gasteiger partial charge is 0.306 e. The van der Waals surface area contributed by atoms with Gasteiger partial charge in [-0.05, 0) is 70.6 Å². The van der Waals surface area contributed by atoms with Gasteiger partial charge >= 0.3 is 5.97 Å². The molecule has 0 spiro atoms. The highest BCUT2D eigenvalue weighted by Crippen LogP contribution is 2.18. The highest BCUT2D eigenvalue weighted by molar-refractivity contribution is 5.77. The Morgan fingerprint density at radius 3 is 1.20 bits per heavy atom. The first kappa shape index (κ1) is 64.1. The molecule has 0 aliphatic heterocycles. The minimum Gasteiger partial charge on any atom is -0.462 e. The molecule has 66 heavy (non-hydrogen) atoms. The number of allylic oxidation sites excluding steroid dienone is 6. The quantitative estimate of drug-likeness (QED) is 0.0244. The molecule has 3 unspecified atom stereocenters. The maximum Gasteiger partial charge on any atom is 0.306 e. The fourth-order valence-electron chi connectivity index (χ4n) is 9.01. The van der Waals surface area contributed by atoms with E-state index in [0.29, 0.717) is 19.3 Å². The van der Waals surface area contributed by atoms with E-state index in [9.17, 15) is 19.8 Å². The van der Waals surface area contributed by atoms with Gasteiger partial charge in [-0.1, -0.05) is 263 Å². The number of carbonyl (C=O) groups is 2. The van der Waals surface area contributed by atoms with Gasteiger partial charge in [0.1, 0.15) is 6.10 Å². The van der Waals surface area contributed by atoms with Crippen LogP contribution in [-0.2, 0) is 14.3 Å². The van der Waals surface area contributed by atoms with Crippen molar-refractivity contribution in [2.75, 3.05) is 6.61 Å². The number of carbonyl (C=O) groups excluding carboxylic acids is 2. The monoisotopic (exact) mass is 928 g/mol. The van der Waals surface area contributed by atoms with Crippen LogP contribution in [0.15, 0.2) is 36.5 Å². The van der Waals surface area contributed by atoms with Crippen molar-refractivity contribution in [1.82, 2.24) is 5.32 Å². The third kappa shape index (κ3) is 48.5. The average Bonchev–Trinajstić information content (AvgIpc) is 3.31. The molecule has 0 bridgehead atoms. The average molecular weight is 929 g/mol. The van der Waals surface area contributed by atoms with Crippen LogP contribution in [0.5, 0.6) is 0 Å². The van der Waals surface area contributed by atoms with E-state index in [1.807, 2.05) is 0 Å². The van der Waals surface area contributed by atoms with Crippen LogP contribution in [0.25, 0.3) is 0 Å². The van der Waals surface area contributed by atoms with Gasteiger partial charge in [0, 0.05) is 6.42 Å². The number of ether oxygens (including phenoxy) is 1. The van der Waals surface area contributed by atoms with E-state index in [0.717, 1.165) is 57.8 Å². The lowest BCUT2D eigenvalue weighted by Gasteiger charge is -2.24. The minimum atomic E-state index is -0.799. The number of hydrogen-bond donors (Lipinski definition) is 3. The first-order valence-corrected chi connectivity index (χ1v) is 29.2. The molecule has 0 aromatic heterocycles. The zero-order chi connectivity index (χ0) is 48.1. The van der Waals surface area contributed by atoms with Crippen LogP contribution in [0.3, 0.4) is 0 Å². The summed E-state index contributed by atoms with van der Waals surface area (Å²) in [5.74, 6) is -0.512. The van der Waals surface area contributed by atoms with Crippen molar-refractivity contribution in [2.45, 2.75) is 328 Å². The van der Waals surface area contributed by atoms with Gasteiger partial charge in [0.2, 0.25) is 5.91 Å². The second kappa shape index (κ2) is 54.0. The van der Waals surface area contributed by atoms with Gasteiger partial charge < -0.3 is 20.3 Å². The number of unbranched alkanes of at least 4 members (excludes halogenated alkanes) is 36. The molecule has 0 radical (unpaired) electrons. The Morgan fingerprint density at radius 2 is 0.788 bits per heavy atom. The Hall–Kier alpha value is -1.92. The topological polar surface area (TPSA) is 95.9 Å². The van der Waals surface area contributed by atoms with E-state index in [1.165, 1.54) is 205 Å². The first-order valence-electron chi connectivity index (χ1n) is 29.2. The number of amides is 1. The van der Waals surface area contributed by atoms with Crippen LogP contribution in [0.4, 0.5) is 0 Å². The number of rotatable bonds is 53. The summed E-state index contributed by atoms with van der Waals surface area (Å²) in [6.07, 6.45) is 65.0. The largest absolute Gasteiger partial charge is 0.462 e. The van der Waals surface area contributed by atoms with Gasteiger partial charge in [-0.3, -0.25) is 9.59 Å². The number of aliphatic hydroxyl groups is 2. The molecule has 3 atom stereocenters. The van der Waals surface area contributed by atoms with Gasteiger partial charge in [-0.2, -0.15) is 0 Å². The maximum atomic E-state index is 13.3. The van der Waals surface area contributed by atoms with Crippen LogP contribution >= 0.6 is 0 Å². The van der Waals surface area contributed by atoms with Crippen molar-refractivity contribution in [3.8, 4) is 0 Å². The molecular formula is C60H113NO5. The number of hydrogen-bond acceptors (Lipinski definition) is 5. The molecule has 0 saturated carbocycles. The van der Waals surface area contributed by atoms with Crippen LogP contribution in [-0.4, -0.2) is 46.9 Å². The van der Waals surface area contributed by atoms with E-state index in [2.05, 4.69) is 62.5 Å². The zero-order valence-corrected chi connectivity index (χ0v) is 44.3. The molecular weight excluding hydrogens is 815 g/mol. The fraction of sp³-hybridized carbons (Fsp3) is 0.867. The van der Waals surface area contributed by atoms with Crippen molar-refractivity contribution in [3.63, 3.8) is 0 Å². The van der Waals surface area contributed by atoms with Gasteiger partial charge in [0.15, 0.2) is 0 Å². The highest BCUT2D eigenvalue weighted by atomic mass is 16.5. The SMILES string of the molecule is CCCCCCCC/C=C/CCCCCCCCCC(=O)OC(CCC/C=C/C=C/CCCCCCCCC)CC(=O)NC(CO)C(O)CCCCCCCCCCCCCCCCCC. The van der Waals surface area contributed by atoms with Crippen molar-refractivity contribution >= 4 is 11.9 Å². The first-order chi connectivity index (χ1) is 32.5. The Balaban J connectivity index is 4.56. The Morgan fingerprint density at radius 1 is 0.439 bits per heavy atom. The maximum absolute atomic E-state index is 13.3. The van der Waals surface area contributed by atoms with E-state index in [4.69, 9.17) is 4.74 Å². The Kier molecular flexibility index (Phi) is 52.5. The highest BCUT2D eigenvalue weighted by Gasteiger charge is 2.24. The normalized spacial score (nSPS) is 13.3.